The number of carbonyl (C=O) groups is 1. The van der Waals surface area contributed by atoms with Gasteiger partial charge < -0.3 is 9.47 Å². The molecule has 0 spiro atoms. The van der Waals surface area contributed by atoms with Crippen LogP contribution in [0.15, 0.2) is 42.5 Å². The van der Waals surface area contributed by atoms with Gasteiger partial charge in [-0.3, -0.25) is 4.79 Å². The molecule has 1 aromatic heterocycles. The minimum atomic E-state index is 0.519. The zero-order chi connectivity index (χ0) is 14.8. The number of ether oxygens (including phenoxy) is 2. The highest BCUT2D eigenvalue weighted by molar-refractivity contribution is 7.22. The van der Waals surface area contributed by atoms with E-state index in [4.69, 9.17) is 9.47 Å². The van der Waals surface area contributed by atoms with Crippen LogP contribution in [0.5, 0.6) is 11.5 Å². The summed E-state index contributed by atoms with van der Waals surface area (Å²) >= 11 is 1.65. The van der Waals surface area contributed by atoms with Crippen molar-refractivity contribution in [1.82, 2.24) is 0 Å². The smallest absolute Gasteiger partial charge is 0.153 e. The molecule has 0 atom stereocenters. The number of methoxy groups -OCH3 is 2. The molecule has 3 rings (SSSR count). The van der Waals surface area contributed by atoms with Gasteiger partial charge in [0.1, 0.15) is 11.5 Å². The van der Waals surface area contributed by atoms with Crippen molar-refractivity contribution in [1.29, 1.82) is 0 Å². The zero-order valence-corrected chi connectivity index (χ0v) is 12.6. The average molecular weight is 298 g/mol. The van der Waals surface area contributed by atoms with Crippen molar-refractivity contribution < 1.29 is 14.3 Å². The third-order valence-electron chi connectivity index (χ3n) is 3.37. The van der Waals surface area contributed by atoms with E-state index in [9.17, 15) is 4.79 Å². The Hall–Kier alpha value is -2.33. The molecule has 3 aromatic rings. The standard InChI is InChI=1S/C17H14O3S/c1-19-13-8-7-12(10-18)17(20-2)16(13)15-9-11-5-3-4-6-14(11)21-15/h3-10H,1-2H3. The molecule has 0 aliphatic carbocycles. The molecular formula is C17H14O3S. The van der Waals surface area contributed by atoms with Crippen molar-refractivity contribution in [3.63, 3.8) is 0 Å². The van der Waals surface area contributed by atoms with Crippen molar-refractivity contribution in [2.45, 2.75) is 0 Å². The minimum Gasteiger partial charge on any atom is -0.496 e. The maximum absolute atomic E-state index is 11.2. The molecule has 0 unspecified atom stereocenters. The molecule has 1 heterocycles. The SMILES string of the molecule is COc1ccc(C=O)c(OC)c1-c1cc2ccccc2s1. The Labute approximate surface area is 126 Å². The molecule has 0 radical (unpaired) electrons. The van der Waals surface area contributed by atoms with Crippen molar-refractivity contribution >= 4 is 27.7 Å². The van der Waals surface area contributed by atoms with E-state index >= 15 is 0 Å². The van der Waals surface area contributed by atoms with Crippen LogP contribution in [-0.2, 0) is 0 Å². The van der Waals surface area contributed by atoms with E-state index in [1.807, 2.05) is 12.1 Å². The summed E-state index contributed by atoms with van der Waals surface area (Å²) in [6, 6.07) is 13.8. The first kappa shape index (κ1) is 13.6. The fraction of sp³-hybridized carbons (Fsp3) is 0.118. The lowest BCUT2D eigenvalue weighted by Gasteiger charge is -2.13. The van der Waals surface area contributed by atoms with Gasteiger partial charge in [-0.1, -0.05) is 18.2 Å². The van der Waals surface area contributed by atoms with Crippen molar-refractivity contribution in [3.05, 3.63) is 48.0 Å². The van der Waals surface area contributed by atoms with Gasteiger partial charge in [-0.2, -0.15) is 0 Å². The van der Waals surface area contributed by atoms with Crippen molar-refractivity contribution in [2.24, 2.45) is 0 Å². The third kappa shape index (κ3) is 2.28. The Bertz CT molecular complexity index is 772. The molecular weight excluding hydrogens is 284 g/mol. The van der Waals surface area contributed by atoms with E-state index in [1.165, 1.54) is 4.70 Å². The van der Waals surface area contributed by atoms with Crippen LogP contribution in [0.1, 0.15) is 10.4 Å². The molecule has 0 N–H and O–H groups in total. The lowest BCUT2D eigenvalue weighted by molar-refractivity contribution is 0.112. The van der Waals surface area contributed by atoms with Crippen LogP contribution >= 0.6 is 11.3 Å². The first-order valence-electron chi connectivity index (χ1n) is 6.47. The summed E-state index contributed by atoms with van der Waals surface area (Å²) in [4.78, 5) is 12.2. The summed E-state index contributed by atoms with van der Waals surface area (Å²) in [6.07, 6.45) is 0.801. The second-order valence-electron chi connectivity index (χ2n) is 4.53. The van der Waals surface area contributed by atoms with Gasteiger partial charge in [0, 0.05) is 9.58 Å². The Morgan fingerprint density at radius 2 is 1.86 bits per heavy atom. The predicted molar refractivity (Wildman–Crippen MR) is 85.8 cm³/mol. The maximum Gasteiger partial charge on any atom is 0.153 e. The fourth-order valence-corrected chi connectivity index (χ4v) is 3.51. The molecule has 4 heteroatoms. The summed E-state index contributed by atoms with van der Waals surface area (Å²) in [5, 5.41) is 1.16. The van der Waals surface area contributed by atoms with Gasteiger partial charge in [-0.15, -0.1) is 11.3 Å². The highest BCUT2D eigenvalue weighted by Crippen LogP contribution is 2.44. The maximum atomic E-state index is 11.2. The summed E-state index contributed by atoms with van der Waals surface area (Å²) in [7, 11) is 3.19. The van der Waals surface area contributed by atoms with Gasteiger partial charge in [-0.05, 0) is 29.7 Å². The number of benzene rings is 2. The van der Waals surface area contributed by atoms with Crippen molar-refractivity contribution in [3.8, 4) is 21.9 Å². The number of aldehydes is 1. The van der Waals surface area contributed by atoms with Crippen LogP contribution in [0.2, 0.25) is 0 Å². The monoisotopic (exact) mass is 298 g/mol. The van der Waals surface area contributed by atoms with E-state index in [-0.39, 0.29) is 0 Å². The zero-order valence-electron chi connectivity index (χ0n) is 11.8. The van der Waals surface area contributed by atoms with E-state index in [0.717, 1.165) is 22.1 Å². The molecule has 21 heavy (non-hydrogen) atoms. The highest BCUT2D eigenvalue weighted by Gasteiger charge is 2.18. The van der Waals surface area contributed by atoms with Gasteiger partial charge in [0.2, 0.25) is 0 Å². The number of carbonyl (C=O) groups excluding carboxylic acids is 1. The Kier molecular flexibility index (Phi) is 3.62. The summed E-state index contributed by atoms with van der Waals surface area (Å²) in [5.41, 5.74) is 1.34. The molecule has 106 valence electrons. The average Bonchev–Trinajstić information content (AvgIpc) is 2.96. The summed E-state index contributed by atoms with van der Waals surface area (Å²) < 4.78 is 12.1. The minimum absolute atomic E-state index is 0.519. The number of rotatable bonds is 4. The first-order valence-corrected chi connectivity index (χ1v) is 7.29. The Morgan fingerprint density at radius 3 is 2.52 bits per heavy atom. The third-order valence-corrected chi connectivity index (χ3v) is 4.51. The van der Waals surface area contributed by atoms with Gasteiger partial charge >= 0.3 is 0 Å². The van der Waals surface area contributed by atoms with E-state index < -0.39 is 0 Å². The van der Waals surface area contributed by atoms with Crippen LogP contribution < -0.4 is 9.47 Å². The topological polar surface area (TPSA) is 35.5 Å². The van der Waals surface area contributed by atoms with Crippen LogP contribution in [0.3, 0.4) is 0 Å². The lowest BCUT2D eigenvalue weighted by Crippen LogP contribution is -1.96. The molecule has 0 amide bonds. The molecule has 0 bridgehead atoms. The summed E-state index contributed by atoms with van der Waals surface area (Å²) in [5.74, 6) is 1.25. The van der Waals surface area contributed by atoms with E-state index in [0.29, 0.717) is 17.1 Å². The van der Waals surface area contributed by atoms with Crippen molar-refractivity contribution in [2.75, 3.05) is 14.2 Å². The van der Waals surface area contributed by atoms with Gasteiger partial charge in [-0.25, -0.2) is 0 Å². The molecule has 0 aliphatic heterocycles. The second kappa shape index (κ2) is 5.58. The van der Waals surface area contributed by atoms with Gasteiger partial charge in [0.25, 0.3) is 0 Å². The van der Waals surface area contributed by atoms with Crippen LogP contribution in [-0.4, -0.2) is 20.5 Å². The molecule has 0 saturated heterocycles. The van der Waals surface area contributed by atoms with Crippen LogP contribution in [0.4, 0.5) is 0 Å². The quantitative estimate of drug-likeness (QED) is 0.670. The highest BCUT2D eigenvalue weighted by atomic mass is 32.1. The van der Waals surface area contributed by atoms with E-state index in [2.05, 4.69) is 18.2 Å². The van der Waals surface area contributed by atoms with Gasteiger partial charge in [0.15, 0.2) is 6.29 Å². The number of fused-ring (bicyclic) bond motifs is 1. The fourth-order valence-electron chi connectivity index (χ4n) is 2.40. The molecule has 0 fully saturated rings. The van der Waals surface area contributed by atoms with Crippen LogP contribution in [0.25, 0.3) is 20.5 Å². The summed E-state index contributed by atoms with van der Waals surface area (Å²) in [6.45, 7) is 0. The lowest BCUT2D eigenvalue weighted by atomic mass is 10.1. The number of hydrogen-bond donors (Lipinski definition) is 0. The number of thiophene rings is 1. The second-order valence-corrected chi connectivity index (χ2v) is 5.62. The Morgan fingerprint density at radius 1 is 1.05 bits per heavy atom. The van der Waals surface area contributed by atoms with E-state index in [1.54, 1.807) is 37.7 Å². The van der Waals surface area contributed by atoms with Gasteiger partial charge in [0.05, 0.1) is 25.3 Å². The normalized spacial score (nSPS) is 10.6. The largest absolute Gasteiger partial charge is 0.496 e. The van der Waals surface area contributed by atoms with Crippen LogP contribution in [0, 0.1) is 0 Å². The molecule has 3 nitrogen and oxygen atoms in total. The first-order chi connectivity index (χ1) is 10.3. The molecule has 2 aromatic carbocycles. The molecule has 0 saturated carbocycles. The Balaban J connectivity index is 2.31. The predicted octanol–water partition coefficient (Wildman–Crippen LogP) is 4.40. The number of hydrogen-bond acceptors (Lipinski definition) is 4. The molecule has 0 aliphatic rings.